The van der Waals surface area contributed by atoms with Gasteiger partial charge in [-0.3, -0.25) is 4.79 Å². The van der Waals surface area contributed by atoms with Gasteiger partial charge in [-0.15, -0.1) is 0 Å². The first-order valence-corrected chi connectivity index (χ1v) is 9.74. The average Bonchev–Trinajstić information content (AvgIpc) is 3.07. The van der Waals surface area contributed by atoms with Crippen LogP contribution in [0.15, 0.2) is 89.5 Å². The molecule has 4 rings (SSSR count). The predicted molar refractivity (Wildman–Crippen MR) is 119 cm³/mol. The maximum absolute atomic E-state index is 12.9. The van der Waals surface area contributed by atoms with E-state index >= 15 is 0 Å². The number of benzene rings is 3. The number of hydrazone groups is 1. The molecule has 1 N–H and O–H groups in total. The number of rotatable bonds is 6. The lowest BCUT2D eigenvalue weighted by molar-refractivity contribution is -0.114. The normalized spacial score (nSPS) is 14.6. The Labute approximate surface area is 179 Å². The van der Waals surface area contributed by atoms with Gasteiger partial charge in [-0.1, -0.05) is 54.6 Å². The Morgan fingerprint density at radius 3 is 2.39 bits per heavy atom. The lowest BCUT2D eigenvalue weighted by Crippen LogP contribution is -2.21. The maximum Gasteiger partial charge on any atom is 0.339 e. The number of anilines is 1. The molecular weight excluding hydrogens is 392 g/mol. The molecule has 31 heavy (non-hydrogen) atoms. The van der Waals surface area contributed by atoms with Gasteiger partial charge in [-0.25, -0.2) is 4.79 Å². The number of para-hydroxylation sites is 1. The zero-order valence-corrected chi connectivity index (χ0v) is 16.9. The number of aromatic carboxylic acids is 1. The van der Waals surface area contributed by atoms with Crippen molar-refractivity contribution in [1.29, 1.82) is 0 Å². The molecule has 0 atom stereocenters. The Bertz CT molecular complexity index is 1180. The summed E-state index contributed by atoms with van der Waals surface area (Å²) in [5.74, 6) is -1.09. The van der Waals surface area contributed by atoms with Crippen LogP contribution in [-0.2, 0) is 11.4 Å². The van der Waals surface area contributed by atoms with E-state index in [4.69, 9.17) is 4.74 Å². The van der Waals surface area contributed by atoms with Crippen molar-refractivity contribution in [3.8, 4) is 5.75 Å². The highest BCUT2D eigenvalue weighted by Gasteiger charge is 2.28. The van der Waals surface area contributed by atoms with Crippen LogP contribution in [0.1, 0.15) is 28.4 Å². The highest BCUT2D eigenvalue weighted by Crippen LogP contribution is 2.27. The lowest BCUT2D eigenvalue weighted by Gasteiger charge is -2.11. The van der Waals surface area contributed by atoms with Crippen molar-refractivity contribution in [1.82, 2.24) is 0 Å². The fourth-order valence-corrected chi connectivity index (χ4v) is 3.26. The zero-order valence-electron chi connectivity index (χ0n) is 16.9. The van der Waals surface area contributed by atoms with Crippen molar-refractivity contribution in [2.24, 2.45) is 5.10 Å². The van der Waals surface area contributed by atoms with Gasteiger partial charge in [-0.2, -0.15) is 10.1 Å². The summed E-state index contributed by atoms with van der Waals surface area (Å²) in [5.41, 5.74) is 3.20. The SMILES string of the molecule is CC1=NN(c2ccccc2)C(=O)/C1=C\c1ccc(OCc2ccccc2)c(C(=O)O)c1. The van der Waals surface area contributed by atoms with Gasteiger partial charge in [0.05, 0.1) is 17.0 Å². The summed E-state index contributed by atoms with van der Waals surface area (Å²) in [6, 6.07) is 23.5. The van der Waals surface area contributed by atoms with Crippen LogP contribution in [-0.4, -0.2) is 22.7 Å². The molecule has 1 amide bonds. The van der Waals surface area contributed by atoms with E-state index in [2.05, 4.69) is 5.10 Å². The number of carboxylic acid groups (broad SMARTS) is 1. The zero-order chi connectivity index (χ0) is 21.8. The summed E-state index contributed by atoms with van der Waals surface area (Å²) < 4.78 is 5.73. The summed E-state index contributed by atoms with van der Waals surface area (Å²) in [6.07, 6.45) is 1.65. The molecule has 3 aromatic carbocycles. The number of amides is 1. The molecule has 0 saturated carbocycles. The number of carbonyl (C=O) groups is 2. The molecule has 6 heteroatoms. The molecule has 0 spiro atoms. The van der Waals surface area contributed by atoms with Crippen molar-refractivity contribution < 1.29 is 19.4 Å². The van der Waals surface area contributed by atoms with Crippen LogP contribution in [0.2, 0.25) is 0 Å². The highest BCUT2D eigenvalue weighted by molar-refractivity contribution is 6.32. The summed E-state index contributed by atoms with van der Waals surface area (Å²) in [6.45, 7) is 2.01. The van der Waals surface area contributed by atoms with Crippen LogP contribution in [0.5, 0.6) is 5.75 Å². The Morgan fingerprint density at radius 2 is 1.71 bits per heavy atom. The molecule has 0 radical (unpaired) electrons. The van der Waals surface area contributed by atoms with E-state index < -0.39 is 5.97 Å². The van der Waals surface area contributed by atoms with E-state index in [1.807, 2.05) is 48.5 Å². The molecule has 0 unspecified atom stereocenters. The Balaban J connectivity index is 1.59. The molecule has 1 aliphatic rings. The largest absolute Gasteiger partial charge is 0.488 e. The molecule has 0 bridgehead atoms. The van der Waals surface area contributed by atoms with Crippen molar-refractivity contribution in [2.45, 2.75) is 13.5 Å². The number of carboxylic acids is 1. The quantitative estimate of drug-likeness (QED) is 0.592. The number of ether oxygens (including phenoxy) is 1. The van der Waals surface area contributed by atoms with E-state index in [-0.39, 0.29) is 23.8 Å². The Kier molecular flexibility index (Phi) is 5.62. The van der Waals surface area contributed by atoms with Crippen LogP contribution in [0, 0.1) is 0 Å². The van der Waals surface area contributed by atoms with E-state index in [9.17, 15) is 14.7 Å². The molecule has 0 aromatic heterocycles. The van der Waals surface area contributed by atoms with Crippen LogP contribution < -0.4 is 9.75 Å². The number of carbonyl (C=O) groups excluding carboxylic acids is 1. The van der Waals surface area contributed by atoms with Crippen LogP contribution in [0.25, 0.3) is 6.08 Å². The molecule has 1 aliphatic heterocycles. The summed E-state index contributed by atoms with van der Waals surface area (Å²) in [5, 5.41) is 15.3. The Morgan fingerprint density at radius 1 is 1.03 bits per heavy atom. The van der Waals surface area contributed by atoms with Crippen LogP contribution in [0.3, 0.4) is 0 Å². The maximum atomic E-state index is 12.9. The third kappa shape index (κ3) is 4.38. The third-order valence-corrected chi connectivity index (χ3v) is 4.85. The van der Waals surface area contributed by atoms with E-state index in [0.717, 1.165) is 5.56 Å². The van der Waals surface area contributed by atoms with Gasteiger partial charge < -0.3 is 9.84 Å². The molecule has 0 fully saturated rings. The Hall–Kier alpha value is -4.19. The number of hydrogen-bond acceptors (Lipinski definition) is 4. The molecular formula is C25H20N2O4. The monoisotopic (exact) mass is 412 g/mol. The summed E-state index contributed by atoms with van der Waals surface area (Å²) in [4.78, 5) is 24.7. The minimum Gasteiger partial charge on any atom is -0.488 e. The third-order valence-electron chi connectivity index (χ3n) is 4.85. The first-order valence-electron chi connectivity index (χ1n) is 9.74. The van der Waals surface area contributed by atoms with Gasteiger partial charge in [0.1, 0.15) is 17.9 Å². The van der Waals surface area contributed by atoms with E-state index in [0.29, 0.717) is 22.5 Å². The van der Waals surface area contributed by atoms with Gasteiger partial charge >= 0.3 is 5.97 Å². The minimum atomic E-state index is -1.10. The van der Waals surface area contributed by atoms with E-state index in [1.165, 1.54) is 11.1 Å². The summed E-state index contributed by atoms with van der Waals surface area (Å²) >= 11 is 0. The molecule has 0 aliphatic carbocycles. The second-order valence-electron chi connectivity index (χ2n) is 7.03. The topological polar surface area (TPSA) is 79.2 Å². The first-order chi connectivity index (χ1) is 15.0. The lowest BCUT2D eigenvalue weighted by atomic mass is 10.0. The molecule has 154 valence electrons. The number of hydrogen-bond donors (Lipinski definition) is 1. The first kappa shape index (κ1) is 20.1. The van der Waals surface area contributed by atoms with Gasteiger partial charge in [0, 0.05) is 0 Å². The average molecular weight is 412 g/mol. The van der Waals surface area contributed by atoms with Gasteiger partial charge in [0.15, 0.2) is 0 Å². The smallest absolute Gasteiger partial charge is 0.339 e. The van der Waals surface area contributed by atoms with Crippen molar-refractivity contribution in [3.05, 3.63) is 101 Å². The molecule has 0 saturated heterocycles. The fraction of sp³-hybridized carbons (Fsp3) is 0.0800. The van der Waals surface area contributed by atoms with E-state index in [1.54, 1.807) is 37.3 Å². The van der Waals surface area contributed by atoms with Crippen molar-refractivity contribution >= 4 is 29.4 Å². The van der Waals surface area contributed by atoms with Gasteiger partial charge in [-0.05, 0) is 48.4 Å². The highest BCUT2D eigenvalue weighted by atomic mass is 16.5. The molecule has 3 aromatic rings. The number of nitrogens with zero attached hydrogens (tertiary/aromatic N) is 2. The van der Waals surface area contributed by atoms with Gasteiger partial charge in [0.25, 0.3) is 5.91 Å². The van der Waals surface area contributed by atoms with Crippen molar-refractivity contribution in [2.75, 3.05) is 5.01 Å². The standard InChI is InChI=1S/C25H20N2O4/c1-17-21(24(28)27(26-17)20-10-6-3-7-11-20)14-19-12-13-23(22(15-19)25(29)30)31-16-18-8-4-2-5-9-18/h2-15H,16H2,1H3,(H,29,30)/b21-14-. The second kappa shape index (κ2) is 8.67. The molecule has 1 heterocycles. The summed E-state index contributed by atoms with van der Waals surface area (Å²) in [7, 11) is 0. The predicted octanol–water partition coefficient (Wildman–Crippen LogP) is 4.77. The van der Waals surface area contributed by atoms with Gasteiger partial charge in [0.2, 0.25) is 0 Å². The fourth-order valence-electron chi connectivity index (χ4n) is 3.26. The van der Waals surface area contributed by atoms with Crippen molar-refractivity contribution in [3.63, 3.8) is 0 Å². The van der Waals surface area contributed by atoms with Crippen LogP contribution >= 0.6 is 0 Å². The molecule has 6 nitrogen and oxygen atoms in total. The van der Waals surface area contributed by atoms with Crippen LogP contribution in [0.4, 0.5) is 5.69 Å². The minimum absolute atomic E-state index is 0.0326. The second-order valence-corrected chi connectivity index (χ2v) is 7.03.